The third-order valence-electron chi connectivity index (χ3n) is 2.46. The van der Waals surface area contributed by atoms with Crippen LogP contribution in [0.4, 0.5) is 0 Å². The van der Waals surface area contributed by atoms with E-state index in [1.165, 1.54) is 24.4 Å². The van der Waals surface area contributed by atoms with E-state index in [0.717, 1.165) is 5.69 Å². The predicted molar refractivity (Wildman–Crippen MR) is 80.4 cm³/mol. The Hall–Kier alpha value is -2.32. The first kappa shape index (κ1) is 25.6. The third-order valence-corrected chi connectivity index (χ3v) is 2.46. The minimum atomic E-state index is -1.32. The fourth-order valence-electron chi connectivity index (χ4n) is 1.51. The SMILES string of the molecule is O=C([O-])c1ccc([O-])c(C=NCc2ccccn2)c1.[Ni+2].[OH3+].[OH3+].[OH3+]. The molecule has 1 aromatic carbocycles. The van der Waals surface area contributed by atoms with Crippen molar-refractivity contribution in [1.29, 1.82) is 0 Å². The molecule has 0 fully saturated rings. The number of aromatic nitrogens is 1. The van der Waals surface area contributed by atoms with E-state index in [4.69, 9.17) is 0 Å². The van der Waals surface area contributed by atoms with Gasteiger partial charge >= 0.3 is 16.5 Å². The maximum Gasteiger partial charge on any atom is 2.00 e. The van der Waals surface area contributed by atoms with Gasteiger partial charge in [0, 0.05) is 12.4 Å². The Bertz CT molecular complexity index is 622. The van der Waals surface area contributed by atoms with Gasteiger partial charge in [-0.2, -0.15) is 0 Å². The van der Waals surface area contributed by atoms with Crippen molar-refractivity contribution in [1.82, 2.24) is 4.98 Å². The average molecular weight is 370 g/mol. The number of carbonyl (C=O) groups excluding carboxylic acids is 1. The van der Waals surface area contributed by atoms with E-state index < -0.39 is 5.97 Å². The number of aliphatic imine (C=N–C) groups is 1. The Kier molecular flexibility index (Phi) is 13.6. The monoisotopic (exact) mass is 369 g/mol. The fraction of sp³-hybridized carbons (Fsp3) is 0.0714. The zero-order chi connectivity index (χ0) is 13.7. The second-order valence-electron chi connectivity index (χ2n) is 3.83. The molecule has 0 aliphatic rings. The summed E-state index contributed by atoms with van der Waals surface area (Å²) in [5.74, 6) is -1.60. The van der Waals surface area contributed by atoms with Crippen LogP contribution in [0, 0.1) is 0 Å². The summed E-state index contributed by atoms with van der Waals surface area (Å²) in [5.41, 5.74) is 0.943. The molecular weight excluding hydrogens is 351 g/mol. The summed E-state index contributed by atoms with van der Waals surface area (Å²) < 4.78 is 0. The molecular formula is C14H19N2NiO6+3. The molecule has 1 aromatic heterocycles. The Morgan fingerprint density at radius 2 is 1.87 bits per heavy atom. The van der Waals surface area contributed by atoms with Gasteiger partial charge in [-0.15, -0.1) is 5.75 Å². The molecule has 0 bridgehead atoms. The molecule has 9 heteroatoms. The number of nitrogens with zero attached hydrogens (tertiary/aromatic N) is 2. The van der Waals surface area contributed by atoms with E-state index in [2.05, 4.69) is 9.98 Å². The minimum absolute atomic E-state index is 0. The fourth-order valence-corrected chi connectivity index (χ4v) is 1.51. The van der Waals surface area contributed by atoms with Gasteiger partial charge < -0.3 is 31.4 Å². The zero-order valence-electron chi connectivity index (χ0n) is 12.0. The molecule has 0 spiro atoms. The molecule has 0 aliphatic heterocycles. The molecule has 23 heavy (non-hydrogen) atoms. The summed E-state index contributed by atoms with van der Waals surface area (Å²) in [6.07, 6.45) is 3.00. The van der Waals surface area contributed by atoms with Gasteiger partial charge in [0.2, 0.25) is 0 Å². The van der Waals surface area contributed by atoms with E-state index in [1.54, 1.807) is 12.3 Å². The Balaban J connectivity index is -0.000001000. The van der Waals surface area contributed by atoms with Gasteiger partial charge in [0.1, 0.15) is 0 Å². The Morgan fingerprint density at radius 1 is 1.17 bits per heavy atom. The van der Waals surface area contributed by atoms with Crippen molar-refractivity contribution in [2.45, 2.75) is 6.54 Å². The van der Waals surface area contributed by atoms with Gasteiger partial charge in [-0.05, 0) is 29.3 Å². The summed E-state index contributed by atoms with van der Waals surface area (Å²) in [5, 5.41) is 22.2. The van der Waals surface area contributed by atoms with Crippen molar-refractivity contribution in [3.8, 4) is 5.75 Å². The maximum absolute atomic E-state index is 11.5. The normalized spacial score (nSPS) is 8.87. The van der Waals surface area contributed by atoms with Crippen molar-refractivity contribution >= 4 is 12.2 Å². The summed E-state index contributed by atoms with van der Waals surface area (Å²) in [6, 6.07) is 9.10. The van der Waals surface area contributed by atoms with Crippen molar-refractivity contribution in [2.75, 3.05) is 0 Å². The standard InChI is InChI=1S/C14H12N2O3.Ni.3H2O/c17-13-5-4-10(14(18)19)7-11(13)8-15-9-12-3-1-2-6-16-12;;;;/h1-8,17H,9H2,(H,18,19);;3*1H2/q;+2;;;/p+1. The molecule has 0 saturated carbocycles. The number of aromatic carboxylic acids is 1. The van der Waals surface area contributed by atoms with Crippen molar-refractivity contribution in [2.24, 2.45) is 4.99 Å². The van der Waals surface area contributed by atoms with Crippen molar-refractivity contribution < 1.29 is 47.9 Å². The summed E-state index contributed by atoms with van der Waals surface area (Å²) in [6.45, 7) is 0.329. The van der Waals surface area contributed by atoms with E-state index in [1.807, 2.05) is 12.1 Å². The number of carbonyl (C=O) groups is 1. The molecule has 9 N–H and O–H groups in total. The molecule has 1 heterocycles. The van der Waals surface area contributed by atoms with Crippen LogP contribution in [0.2, 0.25) is 0 Å². The van der Waals surface area contributed by atoms with Crippen molar-refractivity contribution in [3.05, 3.63) is 59.4 Å². The molecule has 8 nitrogen and oxygen atoms in total. The van der Waals surface area contributed by atoms with Crippen LogP contribution >= 0.6 is 0 Å². The number of rotatable bonds is 4. The molecule has 128 valence electrons. The van der Waals surface area contributed by atoms with Crippen LogP contribution in [-0.4, -0.2) is 17.2 Å². The van der Waals surface area contributed by atoms with Crippen LogP contribution in [-0.2, 0) is 39.5 Å². The molecule has 0 saturated heterocycles. The quantitative estimate of drug-likeness (QED) is 0.324. The zero-order valence-corrected chi connectivity index (χ0v) is 13.0. The van der Waals surface area contributed by atoms with E-state index in [9.17, 15) is 15.0 Å². The number of carboxylic acids is 1. The molecule has 0 radical (unpaired) electrons. The van der Waals surface area contributed by atoms with E-state index >= 15 is 0 Å². The number of pyridine rings is 1. The van der Waals surface area contributed by atoms with Gasteiger partial charge in [0.25, 0.3) is 0 Å². The third kappa shape index (κ3) is 7.48. The second kappa shape index (κ2) is 12.2. The molecule has 2 rings (SSSR count). The van der Waals surface area contributed by atoms with Crippen LogP contribution in [0.1, 0.15) is 21.6 Å². The molecule has 0 aliphatic carbocycles. The van der Waals surface area contributed by atoms with Crippen molar-refractivity contribution in [3.63, 3.8) is 0 Å². The first-order valence-electron chi connectivity index (χ1n) is 5.59. The van der Waals surface area contributed by atoms with Crippen LogP contribution in [0.15, 0.2) is 47.6 Å². The molecule has 2 aromatic rings. The number of hydrogen-bond acceptors (Lipinski definition) is 5. The average Bonchev–Trinajstić information content (AvgIpc) is 2.42. The smallest absolute Gasteiger partial charge is 0.872 e. The molecule has 0 unspecified atom stereocenters. The van der Waals surface area contributed by atoms with Crippen LogP contribution in [0.5, 0.6) is 5.75 Å². The van der Waals surface area contributed by atoms with Gasteiger partial charge in [0.05, 0.1) is 18.2 Å². The predicted octanol–water partition coefficient (Wildman–Crippen LogP) is -2.63. The van der Waals surface area contributed by atoms with E-state index in [-0.39, 0.29) is 49.8 Å². The minimum Gasteiger partial charge on any atom is -0.872 e. The summed E-state index contributed by atoms with van der Waals surface area (Å²) in [4.78, 5) is 18.8. The molecule has 0 atom stereocenters. The van der Waals surface area contributed by atoms with Crippen LogP contribution in [0.3, 0.4) is 0 Å². The first-order chi connectivity index (χ1) is 9.16. The number of carboxylic acid groups (broad SMARTS) is 1. The van der Waals surface area contributed by atoms with Crippen LogP contribution in [0.25, 0.3) is 0 Å². The first-order valence-corrected chi connectivity index (χ1v) is 5.59. The van der Waals surface area contributed by atoms with Gasteiger partial charge in [0.15, 0.2) is 0 Å². The number of benzene rings is 1. The molecule has 0 amide bonds. The summed E-state index contributed by atoms with van der Waals surface area (Å²) in [7, 11) is 0. The summed E-state index contributed by atoms with van der Waals surface area (Å²) >= 11 is 0. The second-order valence-corrected chi connectivity index (χ2v) is 3.83. The van der Waals surface area contributed by atoms with E-state index in [0.29, 0.717) is 6.54 Å². The maximum atomic E-state index is 11.5. The Labute approximate surface area is 142 Å². The van der Waals surface area contributed by atoms with Crippen LogP contribution < -0.4 is 10.2 Å². The Morgan fingerprint density at radius 3 is 2.43 bits per heavy atom. The number of hydrogen-bond donors (Lipinski definition) is 0. The van der Waals surface area contributed by atoms with Gasteiger partial charge in [-0.3, -0.25) is 9.98 Å². The largest absolute Gasteiger partial charge is 2.00 e. The van der Waals surface area contributed by atoms with Gasteiger partial charge in [-0.25, -0.2) is 0 Å². The van der Waals surface area contributed by atoms with Gasteiger partial charge in [-0.1, -0.05) is 18.2 Å². The topological polar surface area (TPSA) is 187 Å².